The van der Waals surface area contributed by atoms with Gasteiger partial charge in [-0.2, -0.15) is 0 Å². The van der Waals surface area contributed by atoms with Gasteiger partial charge in [0.15, 0.2) is 5.76 Å². The van der Waals surface area contributed by atoms with Crippen molar-refractivity contribution < 1.29 is 19.1 Å². The molecule has 0 fully saturated rings. The summed E-state index contributed by atoms with van der Waals surface area (Å²) in [4.78, 5) is 4.50. The Balaban J connectivity index is 1.70. The summed E-state index contributed by atoms with van der Waals surface area (Å²) in [6, 6.07) is 17.1. The Hall–Kier alpha value is -3.66. The molecule has 0 saturated heterocycles. The van der Waals surface area contributed by atoms with Crippen molar-refractivity contribution in [1.29, 1.82) is 0 Å². The third-order valence-electron chi connectivity index (χ3n) is 4.58. The van der Waals surface area contributed by atoms with E-state index in [1.807, 2.05) is 48.5 Å². The smallest absolute Gasteiger partial charge is 0.155 e. The number of pyridine rings is 1. The molecule has 4 rings (SSSR count). The third-order valence-corrected chi connectivity index (χ3v) is 4.58. The van der Waals surface area contributed by atoms with Gasteiger partial charge in [0, 0.05) is 35.7 Å². The van der Waals surface area contributed by atoms with Gasteiger partial charge in [0.2, 0.25) is 0 Å². The van der Waals surface area contributed by atoms with Crippen LogP contribution < -0.4 is 5.36 Å². The van der Waals surface area contributed by atoms with Crippen LogP contribution in [0.25, 0.3) is 33.2 Å². The first kappa shape index (κ1) is 19.6. The predicted octanol–water partition coefficient (Wildman–Crippen LogP) is 3.95. The summed E-state index contributed by atoms with van der Waals surface area (Å²) in [6.07, 6.45) is 1.80. The number of hydrogen-bond donors (Lipinski definition) is 1. The molecule has 0 atom stereocenters. The molecule has 2 aromatic heterocycles. The largest absolute Gasteiger partial charge is 0.454 e. The minimum atomic E-state index is 0.316. The average molecular weight is 400 g/mol. The fourth-order valence-electron chi connectivity index (χ4n) is 3.08. The third kappa shape index (κ3) is 4.33. The number of benzene rings is 2. The lowest BCUT2D eigenvalue weighted by Crippen LogP contribution is -2.04. The summed E-state index contributed by atoms with van der Waals surface area (Å²) >= 11 is 0. The first-order valence-electron chi connectivity index (χ1n) is 9.45. The zero-order chi connectivity index (χ0) is 20.8. The van der Waals surface area contributed by atoms with E-state index in [0.29, 0.717) is 47.6 Å². The monoisotopic (exact) mass is 400 g/mol. The Morgan fingerprint density at radius 2 is 1.93 bits per heavy atom. The highest BCUT2D eigenvalue weighted by molar-refractivity contribution is 5.85. The van der Waals surface area contributed by atoms with Crippen LogP contribution in [-0.2, 0) is 9.47 Å². The van der Waals surface area contributed by atoms with Crippen molar-refractivity contribution >= 4 is 21.7 Å². The van der Waals surface area contributed by atoms with E-state index in [9.17, 15) is 5.21 Å². The second-order valence-electron chi connectivity index (χ2n) is 6.57. The van der Waals surface area contributed by atoms with Crippen LogP contribution >= 0.6 is 0 Å². The maximum atomic E-state index is 9.50. The molecule has 0 saturated carbocycles. The van der Waals surface area contributed by atoms with E-state index in [2.05, 4.69) is 22.0 Å². The topological polar surface area (TPSA) is 77.1 Å². The zero-order valence-electron chi connectivity index (χ0n) is 16.5. The van der Waals surface area contributed by atoms with Crippen LogP contribution in [0.1, 0.15) is 5.56 Å². The second-order valence-corrected chi connectivity index (χ2v) is 6.57. The number of methoxy groups -OCH3 is 1. The summed E-state index contributed by atoms with van der Waals surface area (Å²) in [5.74, 6) is 6.52. The molecule has 150 valence electrons. The Labute approximate surface area is 173 Å². The van der Waals surface area contributed by atoms with Crippen molar-refractivity contribution in [3.05, 3.63) is 71.7 Å². The zero-order valence-corrected chi connectivity index (χ0v) is 16.5. The number of aromatic nitrogens is 1. The van der Waals surface area contributed by atoms with Gasteiger partial charge in [-0.15, -0.1) is 0 Å². The summed E-state index contributed by atoms with van der Waals surface area (Å²) in [5.41, 5.74) is 1.99. The van der Waals surface area contributed by atoms with E-state index in [-0.39, 0.29) is 0 Å². The fraction of sp³-hybridized carbons (Fsp3) is 0.167. The second kappa shape index (κ2) is 9.23. The van der Waals surface area contributed by atoms with Gasteiger partial charge in [0.25, 0.3) is 0 Å². The number of fused-ring (bicyclic) bond motifs is 2. The maximum absolute atomic E-state index is 9.50. The van der Waals surface area contributed by atoms with E-state index in [1.165, 1.54) is 0 Å². The highest BCUT2D eigenvalue weighted by Gasteiger charge is 2.09. The van der Waals surface area contributed by atoms with Gasteiger partial charge in [-0.3, -0.25) is 4.98 Å². The van der Waals surface area contributed by atoms with Gasteiger partial charge < -0.3 is 19.1 Å². The molecule has 0 unspecified atom stereocenters. The fourth-order valence-corrected chi connectivity index (χ4v) is 3.08. The first-order chi connectivity index (χ1) is 14.8. The molecule has 0 aliphatic heterocycles. The molecule has 6 heteroatoms. The number of ether oxygens (including phenoxy) is 2. The van der Waals surface area contributed by atoms with Gasteiger partial charge >= 0.3 is 0 Å². The van der Waals surface area contributed by atoms with E-state index < -0.39 is 0 Å². The van der Waals surface area contributed by atoms with Gasteiger partial charge in [0.05, 0.1) is 13.2 Å². The molecule has 6 nitrogen and oxygen atoms in total. The van der Waals surface area contributed by atoms with Crippen LogP contribution in [0.4, 0.5) is 0 Å². The summed E-state index contributed by atoms with van der Waals surface area (Å²) in [6.45, 7) is 1.36. The SMILES string of the molecule is COCCOCC#Cc1ccc2/c(=N\O)cc(-c3cc4ccccc4cn3)oc2c1. The van der Waals surface area contributed by atoms with E-state index in [1.54, 1.807) is 19.4 Å². The van der Waals surface area contributed by atoms with Crippen molar-refractivity contribution in [1.82, 2.24) is 4.98 Å². The molecule has 0 radical (unpaired) electrons. The summed E-state index contributed by atoms with van der Waals surface area (Å²) < 4.78 is 16.4. The van der Waals surface area contributed by atoms with Crippen LogP contribution in [0, 0.1) is 11.8 Å². The molecule has 0 aliphatic carbocycles. The molecular formula is C24H20N2O4. The minimum absolute atomic E-state index is 0.316. The number of nitrogens with zero attached hydrogens (tertiary/aromatic N) is 2. The number of hydrogen-bond acceptors (Lipinski definition) is 6. The van der Waals surface area contributed by atoms with Gasteiger partial charge in [-0.1, -0.05) is 41.3 Å². The first-order valence-corrected chi connectivity index (χ1v) is 9.45. The highest BCUT2D eigenvalue weighted by atomic mass is 16.5. The van der Waals surface area contributed by atoms with Gasteiger partial charge in [0.1, 0.15) is 23.2 Å². The van der Waals surface area contributed by atoms with Crippen molar-refractivity contribution in [3.63, 3.8) is 0 Å². The van der Waals surface area contributed by atoms with Gasteiger partial charge in [-0.05, 0) is 29.7 Å². The lowest BCUT2D eigenvalue weighted by Gasteiger charge is -2.05. The standard InChI is InChI=1S/C24H20N2O4/c1-28-11-12-29-10-4-5-17-8-9-20-21(26-27)15-24(30-23(20)13-17)22-14-18-6-2-3-7-19(18)16-25-22/h2-3,6-9,13-16,27H,10-12H2,1H3/b26-21-. The normalized spacial score (nSPS) is 11.6. The van der Waals surface area contributed by atoms with E-state index in [4.69, 9.17) is 13.9 Å². The summed E-state index contributed by atoms with van der Waals surface area (Å²) in [5, 5.41) is 16.1. The van der Waals surface area contributed by atoms with Crippen molar-refractivity contribution in [2.75, 3.05) is 26.9 Å². The van der Waals surface area contributed by atoms with E-state index >= 15 is 0 Å². The lowest BCUT2D eigenvalue weighted by atomic mass is 10.1. The summed E-state index contributed by atoms with van der Waals surface area (Å²) in [7, 11) is 1.63. The Kier molecular flexibility index (Phi) is 6.04. The predicted molar refractivity (Wildman–Crippen MR) is 114 cm³/mol. The lowest BCUT2D eigenvalue weighted by molar-refractivity contribution is 0.0877. The molecule has 0 aliphatic rings. The molecule has 0 spiro atoms. The molecule has 1 N–H and O–H groups in total. The van der Waals surface area contributed by atoms with E-state index in [0.717, 1.165) is 16.3 Å². The molecule has 2 aromatic carbocycles. The highest BCUT2D eigenvalue weighted by Crippen LogP contribution is 2.24. The van der Waals surface area contributed by atoms with Crippen molar-refractivity contribution in [2.45, 2.75) is 0 Å². The molecule has 0 bridgehead atoms. The Morgan fingerprint density at radius 1 is 1.07 bits per heavy atom. The van der Waals surface area contributed by atoms with Crippen LogP contribution in [-0.4, -0.2) is 37.1 Å². The average Bonchev–Trinajstić information content (AvgIpc) is 2.80. The Morgan fingerprint density at radius 3 is 2.77 bits per heavy atom. The number of rotatable bonds is 5. The molecule has 30 heavy (non-hydrogen) atoms. The quantitative estimate of drug-likeness (QED) is 0.238. The van der Waals surface area contributed by atoms with Crippen molar-refractivity contribution in [2.24, 2.45) is 5.16 Å². The molecular weight excluding hydrogens is 380 g/mol. The maximum Gasteiger partial charge on any atom is 0.155 e. The van der Waals surface area contributed by atoms with Crippen LogP contribution in [0.5, 0.6) is 0 Å². The van der Waals surface area contributed by atoms with Crippen molar-refractivity contribution in [3.8, 4) is 23.3 Å². The van der Waals surface area contributed by atoms with Crippen LogP contribution in [0.3, 0.4) is 0 Å². The van der Waals surface area contributed by atoms with Gasteiger partial charge in [-0.25, -0.2) is 0 Å². The van der Waals surface area contributed by atoms with Crippen LogP contribution in [0.2, 0.25) is 0 Å². The Bertz CT molecular complexity index is 1320. The molecule has 2 heterocycles. The minimum Gasteiger partial charge on any atom is -0.454 e. The van der Waals surface area contributed by atoms with Crippen LogP contribution in [0.15, 0.2) is 70.4 Å². The molecule has 4 aromatic rings. The molecule has 0 amide bonds.